The third-order valence-corrected chi connectivity index (χ3v) is 2.00. The van der Waals surface area contributed by atoms with Crippen LogP contribution in [-0.4, -0.2) is 16.2 Å². The molecule has 0 atom stereocenters. The zero-order valence-corrected chi connectivity index (χ0v) is 8.14. The van der Waals surface area contributed by atoms with Crippen molar-refractivity contribution in [2.45, 2.75) is 0 Å². The van der Waals surface area contributed by atoms with Crippen molar-refractivity contribution in [1.82, 2.24) is 0 Å². The Morgan fingerprint density at radius 3 is 2.69 bits per heavy atom. The Morgan fingerprint density at radius 1 is 1.62 bits per heavy atom. The lowest BCUT2D eigenvalue weighted by atomic mass is 10.1. The van der Waals surface area contributed by atoms with Crippen molar-refractivity contribution in [2.75, 3.05) is 11.1 Å². The highest BCUT2D eigenvalue weighted by Gasteiger charge is 2.16. The number of Topliss-reactive ketones (excluding diaryl/α,β-unsaturated/α-hetero) is 1. The molecular formula is C8H7BrFNO2. The number of nitrogen functional groups attached to an aromatic ring is 1. The minimum Gasteiger partial charge on any atom is -0.507 e. The van der Waals surface area contributed by atoms with Gasteiger partial charge in [0.2, 0.25) is 0 Å². The first-order valence-corrected chi connectivity index (χ1v) is 4.55. The van der Waals surface area contributed by atoms with E-state index in [9.17, 15) is 14.3 Å². The Bertz CT molecular complexity index is 331. The van der Waals surface area contributed by atoms with Crippen LogP contribution in [0.4, 0.5) is 10.1 Å². The summed E-state index contributed by atoms with van der Waals surface area (Å²) in [5.41, 5.74) is 5.00. The number of hydrogen-bond donors (Lipinski definition) is 2. The highest BCUT2D eigenvalue weighted by Crippen LogP contribution is 2.24. The van der Waals surface area contributed by atoms with Gasteiger partial charge < -0.3 is 10.8 Å². The number of benzene rings is 1. The van der Waals surface area contributed by atoms with Gasteiger partial charge in [0.15, 0.2) is 5.78 Å². The van der Waals surface area contributed by atoms with Crippen molar-refractivity contribution < 1.29 is 14.3 Å². The molecule has 0 aromatic heterocycles. The predicted molar refractivity (Wildman–Crippen MR) is 50.6 cm³/mol. The number of carbonyl (C=O) groups excluding carboxylic acids is 1. The van der Waals surface area contributed by atoms with Gasteiger partial charge in [-0.2, -0.15) is 0 Å². The molecule has 3 nitrogen and oxygen atoms in total. The van der Waals surface area contributed by atoms with E-state index in [1.807, 2.05) is 0 Å². The van der Waals surface area contributed by atoms with Crippen LogP contribution in [0.2, 0.25) is 0 Å². The Morgan fingerprint density at radius 2 is 2.23 bits per heavy atom. The quantitative estimate of drug-likeness (QED) is 0.475. The lowest BCUT2D eigenvalue weighted by molar-refractivity contribution is 0.101. The van der Waals surface area contributed by atoms with Gasteiger partial charge in [-0.1, -0.05) is 15.9 Å². The average molecular weight is 248 g/mol. The van der Waals surface area contributed by atoms with Gasteiger partial charge in [-0.15, -0.1) is 0 Å². The smallest absolute Gasteiger partial charge is 0.180 e. The van der Waals surface area contributed by atoms with Crippen molar-refractivity contribution in [2.24, 2.45) is 0 Å². The van der Waals surface area contributed by atoms with Gasteiger partial charge in [0.25, 0.3) is 0 Å². The van der Waals surface area contributed by atoms with E-state index in [-0.39, 0.29) is 16.6 Å². The van der Waals surface area contributed by atoms with E-state index < -0.39 is 17.3 Å². The summed E-state index contributed by atoms with van der Waals surface area (Å²) in [7, 11) is 0. The lowest BCUT2D eigenvalue weighted by Gasteiger charge is -2.04. The van der Waals surface area contributed by atoms with Crippen LogP contribution in [0, 0.1) is 5.82 Å². The van der Waals surface area contributed by atoms with Crippen molar-refractivity contribution in [3.8, 4) is 5.75 Å². The maximum Gasteiger partial charge on any atom is 0.180 e. The number of phenols is 1. The van der Waals surface area contributed by atoms with Gasteiger partial charge in [0, 0.05) is 11.8 Å². The number of phenolic OH excluding ortho intramolecular Hbond substituents is 1. The second-order valence-corrected chi connectivity index (χ2v) is 3.01. The van der Waals surface area contributed by atoms with Crippen molar-refractivity contribution in [1.29, 1.82) is 0 Å². The van der Waals surface area contributed by atoms with Gasteiger partial charge in [0.1, 0.15) is 11.6 Å². The van der Waals surface area contributed by atoms with E-state index in [2.05, 4.69) is 15.9 Å². The van der Waals surface area contributed by atoms with E-state index in [4.69, 9.17) is 5.73 Å². The Balaban J connectivity index is 3.28. The van der Waals surface area contributed by atoms with Crippen LogP contribution in [0.3, 0.4) is 0 Å². The molecule has 0 fully saturated rings. The molecule has 0 bridgehead atoms. The minimum atomic E-state index is -0.804. The third kappa shape index (κ3) is 1.98. The number of anilines is 1. The maximum atomic E-state index is 13.1. The van der Waals surface area contributed by atoms with Crippen molar-refractivity contribution in [3.63, 3.8) is 0 Å². The standard InChI is InChI=1S/C8H7BrFNO2/c9-3-7(13)8-5(10)1-4(11)2-6(8)12/h1-2,12H,3,11H2. The highest BCUT2D eigenvalue weighted by atomic mass is 79.9. The first-order chi connectivity index (χ1) is 6.06. The molecule has 1 aromatic carbocycles. The van der Waals surface area contributed by atoms with Crippen LogP contribution in [0.25, 0.3) is 0 Å². The number of rotatable bonds is 2. The van der Waals surface area contributed by atoms with Gasteiger partial charge in [-0.25, -0.2) is 4.39 Å². The molecular weight excluding hydrogens is 241 g/mol. The predicted octanol–water partition coefficient (Wildman–Crippen LogP) is 1.69. The van der Waals surface area contributed by atoms with E-state index >= 15 is 0 Å². The largest absolute Gasteiger partial charge is 0.507 e. The molecule has 0 unspecified atom stereocenters. The fourth-order valence-corrected chi connectivity index (χ4v) is 1.24. The number of carbonyl (C=O) groups is 1. The summed E-state index contributed by atoms with van der Waals surface area (Å²) in [4.78, 5) is 11.1. The summed E-state index contributed by atoms with van der Waals surface area (Å²) in [6, 6.07) is 2.13. The molecule has 1 aromatic rings. The molecule has 13 heavy (non-hydrogen) atoms. The molecule has 0 radical (unpaired) electrons. The first-order valence-electron chi connectivity index (χ1n) is 3.43. The normalized spacial score (nSPS) is 10.0. The van der Waals surface area contributed by atoms with E-state index in [1.165, 1.54) is 0 Å². The molecule has 0 aliphatic carbocycles. The van der Waals surface area contributed by atoms with E-state index in [1.54, 1.807) is 0 Å². The minimum absolute atomic E-state index is 0.0403. The Labute approximate surface area is 82.5 Å². The number of alkyl halides is 1. The molecule has 0 aliphatic rings. The summed E-state index contributed by atoms with van der Waals surface area (Å²) < 4.78 is 13.1. The molecule has 0 amide bonds. The SMILES string of the molecule is Nc1cc(O)c(C(=O)CBr)c(F)c1. The molecule has 5 heteroatoms. The van der Waals surface area contributed by atoms with Crippen LogP contribution in [-0.2, 0) is 0 Å². The van der Waals surface area contributed by atoms with Crippen LogP contribution < -0.4 is 5.73 Å². The third-order valence-electron chi connectivity index (χ3n) is 1.49. The summed E-state index contributed by atoms with van der Waals surface area (Å²) in [5, 5.41) is 9.17. The van der Waals surface area contributed by atoms with Gasteiger partial charge in [-0.05, 0) is 6.07 Å². The second kappa shape index (κ2) is 3.74. The van der Waals surface area contributed by atoms with Gasteiger partial charge in [-0.3, -0.25) is 4.79 Å². The first kappa shape index (κ1) is 9.98. The monoisotopic (exact) mass is 247 g/mol. The van der Waals surface area contributed by atoms with E-state index in [0.717, 1.165) is 12.1 Å². The van der Waals surface area contributed by atoms with Gasteiger partial charge >= 0.3 is 0 Å². The van der Waals surface area contributed by atoms with Crippen molar-refractivity contribution in [3.05, 3.63) is 23.5 Å². The second-order valence-electron chi connectivity index (χ2n) is 2.45. The number of ketones is 1. The Hall–Kier alpha value is -1.10. The molecule has 70 valence electrons. The van der Waals surface area contributed by atoms with E-state index in [0.29, 0.717) is 0 Å². The number of hydrogen-bond acceptors (Lipinski definition) is 3. The number of aromatic hydroxyl groups is 1. The molecule has 0 spiro atoms. The molecule has 1 rings (SSSR count). The molecule has 0 saturated heterocycles. The van der Waals surface area contributed by atoms with Crippen molar-refractivity contribution >= 4 is 27.4 Å². The topological polar surface area (TPSA) is 63.3 Å². The molecule has 0 aliphatic heterocycles. The van der Waals surface area contributed by atoms with Gasteiger partial charge in [0.05, 0.1) is 10.9 Å². The molecule has 3 N–H and O–H groups in total. The molecule has 0 heterocycles. The number of nitrogens with two attached hydrogens (primary N) is 1. The molecule has 0 saturated carbocycles. The summed E-state index contributed by atoms with van der Waals surface area (Å²) in [6.45, 7) is 0. The van der Waals surface area contributed by atoms with Crippen LogP contribution in [0.1, 0.15) is 10.4 Å². The zero-order valence-electron chi connectivity index (χ0n) is 6.55. The zero-order chi connectivity index (χ0) is 10.0. The summed E-state index contributed by atoms with van der Waals surface area (Å²) >= 11 is 2.88. The van der Waals surface area contributed by atoms with Crippen LogP contribution >= 0.6 is 15.9 Å². The maximum absolute atomic E-state index is 13.1. The number of halogens is 2. The fraction of sp³-hybridized carbons (Fsp3) is 0.125. The highest BCUT2D eigenvalue weighted by molar-refractivity contribution is 9.09. The summed E-state index contributed by atoms with van der Waals surface area (Å²) in [5.74, 6) is -1.75. The van der Waals surface area contributed by atoms with Crippen LogP contribution in [0.5, 0.6) is 5.75 Å². The summed E-state index contributed by atoms with van der Waals surface area (Å²) in [6.07, 6.45) is 0. The average Bonchev–Trinajstić information content (AvgIpc) is 2.02. The van der Waals surface area contributed by atoms with Crippen LogP contribution in [0.15, 0.2) is 12.1 Å². The fourth-order valence-electron chi connectivity index (χ4n) is 0.955. The lowest BCUT2D eigenvalue weighted by Crippen LogP contribution is -2.04. The Kier molecular flexibility index (Phi) is 2.87.